The largest absolute Gasteiger partial charge is 0.358 e. The number of halogens is 1. The number of hydrogen-bond acceptors (Lipinski definition) is 2. The van der Waals surface area contributed by atoms with Gasteiger partial charge in [0.2, 0.25) is 11.8 Å². The molecule has 2 aromatic carbocycles. The molecule has 1 aromatic heterocycles. The molecule has 0 aliphatic heterocycles. The fourth-order valence-electron chi connectivity index (χ4n) is 9.87. The molecular weight excluding hydrogens is 537 g/mol. The molecule has 0 spiro atoms. The summed E-state index contributed by atoms with van der Waals surface area (Å²) in [4.78, 5) is 33.8. The maximum absolute atomic E-state index is 15.0. The Hall–Kier alpha value is -3.15. The van der Waals surface area contributed by atoms with Crippen LogP contribution in [0, 0.1) is 41.8 Å². The minimum absolute atomic E-state index is 0.0662. The molecule has 2 N–H and O–H groups in total. The van der Waals surface area contributed by atoms with Crippen molar-refractivity contribution in [3.05, 3.63) is 71.2 Å². The number of hydrogen-bond donors (Lipinski definition) is 2. The smallest absolute Gasteiger partial charge is 0.245 e. The Labute approximate surface area is 255 Å². The minimum Gasteiger partial charge on any atom is -0.358 e. The van der Waals surface area contributed by atoms with E-state index in [1.54, 1.807) is 23.1 Å². The molecule has 5 aliphatic rings. The Balaban J connectivity index is 1.16. The van der Waals surface area contributed by atoms with Gasteiger partial charge in [-0.05, 0) is 112 Å². The topological polar surface area (TPSA) is 65.2 Å². The predicted molar refractivity (Wildman–Crippen MR) is 168 cm³/mol. The first-order valence-electron chi connectivity index (χ1n) is 16.3. The second-order valence-corrected chi connectivity index (χ2v) is 15.6. The number of para-hydroxylation sites is 1. The second kappa shape index (κ2) is 9.93. The summed E-state index contributed by atoms with van der Waals surface area (Å²) in [5, 5.41) is 4.73. The molecule has 0 unspecified atom stereocenters. The summed E-state index contributed by atoms with van der Waals surface area (Å²) in [6, 6.07) is 15.0. The number of nitrogens with zero attached hydrogens (tertiary/aromatic N) is 1. The number of aromatic nitrogens is 1. The van der Waals surface area contributed by atoms with E-state index in [0.717, 1.165) is 30.5 Å². The average molecular weight is 584 g/mol. The summed E-state index contributed by atoms with van der Waals surface area (Å²) in [5.41, 5.74) is 2.63. The van der Waals surface area contributed by atoms with E-state index in [2.05, 4.69) is 49.3 Å². The first-order chi connectivity index (χ1) is 20.4. The highest BCUT2D eigenvalue weighted by atomic mass is 19.1. The van der Waals surface area contributed by atoms with Gasteiger partial charge in [-0.15, -0.1) is 0 Å². The van der Waals surface area contributed by atoms with Gasteiger partial charge in [0.1, 0.15) is 11.4 Å². The molecule has 0 saturated heterocycles. The van der Waals surface area contributed by atoms with Crippen molar-refractivity contribution in [2.45, 2.75) is 103 Å². The van der Waals surface area contributed by atoms with E-state index < -0.39 is 5.54 Å². The van der Waals surface area contributed by atoms with Crippen LogP contribution >= 0.6 is 0 Å². The number of carbonyl (C=O) groups is 2. The maximum atomic E-state index is 15.0. The first-order valence-corrected chi connectivity index (χ1v) is 16.3. The highest BCUT2D eigenvalue weighted by Gasteiger charge is 2.60. The molecule has 2 atom stereocenters. The van der Waals surface area contributed by atoms with E-state index in [9.17, 15) is 14.0 Å². The zero-order chi connectivity index (χ0) is 30.3. The van der Waals surface area contributed by atoms with Crippen LogP contribution < -0.4 is 5.32 Å². The van der Waals surface area contributed by atoms with Crippen LogP contribution in [0.15, 0.2) is 48.5 Å². The summed E-state index contributed by atoms with van der Waals surface area (Å²) in [5.74, 6) is 1.91. The molecule has 228 valence electrons. The van der Waals surface area contributed by atoms with Crippen molar-refractivity contribution < 1.29 is 14.0 Å². The molecule has 1 heterocycles. The lowest BCUT2D eigenvalue weighted by Gasteiger charge is -2.57. The first kappa shape index (κ1) is 28.6. The highest BCUT2D eigenvalue weighted by molar-refractivity contribution is 5.92. The highest BCUT2D eigenvalue weighted by Crippen LogP contribution is 2.67. The standard InChI is InChI=1S/C37H46FN3O2/c1-22-32(27-11-7-9-13-30(27)39-22)33-28(35(33,2)3)17-31(42)41(21-26-10-6-8-12-29(26)38)36(4,5)34(43)40-37-18-23-14-24(19-37)16-25(15-23)20-37/h6-13,23-25,28,33,39H,14-21H2,1-5H3,(H,40,43)/t23?,24?,25?,28-,33+,37?/m0/s1. The van der Waals surface area contributed by atoms with Gasteiger partial charge < -0.3 is 15.2 Å². The Morgan fingerprint density at radius 2 is 1.58 bits per heavy atom. The minimum atomic E-state index is -1.13. The molecule has 2 amide bonds. The van der Waals surface area contributed by atoms with E-state index in [0.29, 0.717) is 29.7 Å². The number of fused-ring (bicyclic) bond motifs is 1. The predicted octanol–water partition coefficient (Wildman–Crippen LogP) is 7.64. The fourth-order valence-corrected chi connectivity index (χ4v) is 9.87. The maximum Gasteiger partial charge on any atom is 0.245 e. The van der Waals surface area contributed by atoms with Gasteiger partial charge in [-0.1, -0.05) is 50.2 Å². The van der Waals surface area contributed by atoms with E-state index in [1.165, 1.54) is 36.3 Å². The Kier molecular flexibility index (Phi) is 6.61. The van der Waals surface area contributed by atoms with Crippen molar-refractivity contribution in [2.24, 2.45) is 29.1 Å². The summed E-state index contributed by atoms with van der Waals surface area (Å²) in [7, 11) is 0. The molecule has 5 aliphatic carbocycles. The SMILES string of the molecule is Cc1[nH]c2ccccc2c1[C@H]1[C@H](CC(=O)N(Cc2ccccc2F)C(C)(C)C(=O)NC23CC4CC(CC(C4)C2)C3)C1(C)C. The van der Waals surface area contributed by atoms with Crippen molar-refractivity contribution in [3.8, 4) is 0 Å². The van der Waals surface area contributed by atoms with Gasteiger partial charge in [0.15, 0.2) is 0 Å². The Morgan fingerprint density at radius 1 is 0.977 bits per heavy atom. The Morgan fingerprint density at radius 3 is 2.23 bits per heavy atom. The molecule has 5 fully saturated rings. The van der Waals surface area contributed by atoms with Crippen LogP contribution in [0.1, 0.15) is 95.4 Å². The second-order valence-electron chi connectivity index (χ2n) is 15.6. The lowest BCUT2D eigenvalue weighted by molar-refractivity contribution is -0.150. The normalized spacial score (nSPS) is 30.4. The number of aromatic amines is 1. The number of H-pyrrole nitrogens is 1. The number of benzene rings is 2. The molecule has 8 rings (SSSR count). The van der Waals surface area contributed by atoms with Crippen LogP contribution in [0.2, 0.25) is 0 Å². The molecule has 5 saturated carbocycles. The van der Waals surface area contributed by atoms with Gasteiger partial charge in [-0.25, -0.2) is 4.39 Å². The van der Waals surface area contributed by atoms with E-state index in [1.807, 2.05) is 19.9 Å². The summed E-state index contributed by atoms with van der Waals surface area (Å²) in [6.07, 6.45) is 7.34. The van der Waals surface area contributed by atoms with Gasteiger partial charge in [0.25, 0.3) is 0 Å². The molecule has 6 heteroatoms. The van der Waals surface area contributed by atoms with Crippen molar-refractivity contribution in [1.29, 1.82) is 0 Å². The van der Waals surface area contributed by atoms with Crippen molar-refractivity contribution in [3.63, 3.8) is 0 Å². The van der Waals surface area contributed by atoms with Crippen molar-refractivity contribution in [1.82, 2.24) is 15.2 Å². The van der Waals surface area contributed by atoms with Crippen LogP contribution in [-0.4, -0.2) is 32.8 Å². The van der Waals surface area contributed by atoms with Crippen LogP contribution in [0.25, 0.3) is 10.9 Å². The van der Waals surface area contributed by atoms with Gasteiger partial charge in [0, 0.05) is 40.7 Å². The average Bonchev–Trinajstić information content (AvgIpc) is 3.28. The third kappa shape index (κ3) is 4.80. The molecule has 43 heavy (non-hydrogen) atoms. The third-order valence-electron chi connectivity index (χ3n) is 11.9. The summed E-state index contributed by atoms with van der Waals surface area (Å²) < 4.78 is 15.0. The number of nitrogens with one attached hydrogen (secondary N) is 2. The fraction of sp³-hybridized carbons (Fsp3) is 0.568. The van der Waals surface area contributed by atoms with Gasteiger partial charge in [-0.2, -0.15) is 0 Å². The zero-order valence-corrected chi connectivity index (χ0v) is 26.3. The molecular formula is C37H46FN3O2. The van der Waals surface area contributed by atoms with Gasteiger partial charge >= 0.3 is 0 Å². The van der Waals surface area contributed by atoms with Crippen molar-refractivity contribution >= 4 is 22.7 Å². The van der Waals surface area contributed by atoms with Crippen LogP contribution in [0.3, 0.4) is 0 Å². The van der Waals surface area contributed by atoms with E-state index in [-0.39, 0.29) is 47.0 Å². The lowest BCUT2D eigenvalue weighted by atomic mass is 9.53. The molecule has 5 nitrogen and oxygen atoms in total. The zero-order valence-electron chi connectivity index (χ0n) is 26.3. The molecule has 4 bridgehead atoms. The monoisotopic (exact) mass is 583 g/mol. The van der Waals surface area contributed by atoms with Crippen LogP contribution in [-0.2, 0) is 16.1 Å². The van der Waals surface area contributed by atoms with E-state index >= 15 is 0 Å². The number of aryl methyl sites for hydroxylation is 1. The Bertz CT molecular complexity index is 1550. The van der Waals surface area contributed by atoms with Crippen molar-refractivity contribution in [2.75, 3.05) is 0 Å². The third-order valence-corrected chi connectivity index (χ3v) is 11.9. The molecule has 3 aromatic rings. The quantitative estimate of drug-likeness (QED) is 0.286. The van der Waals surface area contributed by atoms with Crippen LogP contribution in [0.5, 0.6) is 0 Å². The number of carbonyl (C=O) groups excluding carboxylic acids is 2. The summed E-state index contributed by atoms with van der Waals surface area (Å²) >= 11 is 0. The van der Waals surface area contributed by atoms with E-state index in [4.69, 9.17) is 0 Å². The van der Waals surface area contributed by atoms with Crippen LogP contribution in [0.4, 0.5) is 4.39 Å². The summed E-state index contributed by atoms with van der Waals surface area (Å²) in [6.45, 7) is 10.4. The number of amides is 2. The molecule has 0 radical (unpaired) electrons. The van der Waals surface area contributed by atoms with Gasteiger partial charge in [-0.3, -0.25) is 9.59 Å². The van der Waals surface area contributed by atoms with Gasteiger partial charge in [0.05, 0.1) is 0 Å². The lowest BCUT2D eigenvalue weighted by Crippen LogP contribution is -2.65. The number of rotatable bonds is 8.